The minimum absolute atomic E-state index is 0.152. The SMILES string of the molecule is CCCCCNC(=O)CN1CCN(c2ccc(OC)cc2)CC1. The summed E-state index contributed by atoms with van der Waals surface area (Å²) in [4.78, 5) is 16.5. The number of rotatable bonds is 8. The van der Waals surface area contributed by atoms with Gasteiger partial charge in [-0.15, -0.1) is 0 Å². The predicted octanol–water partition coefficient (Wildman–Crippen LogP) is 2.12. The second kappa shape index (κ2) is 9.40. The molecule has 0 atom stereocenters. The Balaban J connectivity index is 1.69. The fourth-order valence-corrected chi connectivity index (χ4v) is 2.82. The molecule has 5 heteroatoms. The predicted molar refractivity (Wildman–Crippen MR) is 94.2 cm³/mol. The van der Waals surface area contributed by atoms with E-state index < -0.39 is 0 Å². The van der Waals surface area contributed by atoms with Gasteiger partial charge in [0.15, 0.2) is 0 Å². The lowest BCUT2D eigenvalue weighted by Crippen LogP contribution is -2.49. The van der Waals surface area contributed by atoms with Crippen molar-refractivity contribution < 1.29 is 9.53 Å². The van der Waals surface area contributed by atoms with Crippen LogP contribution in [0.5, 0.6) is 5.75 Å². The summed E-state index contributed by atoms with van der Waals surface area (Å²) < 4.78 is 5.19. The number of nitrogens with one attached hydrogen (secondary N) is 1. The Morgan fingerprint density at radius 2 is 1.83 bits per heavy atom. The van der Waals surface area contributed by atoms with Crippen LogP contribution in [0.4, 0.5) is 5.69 Å². The molecule has 5 nitrogen and oxygen atoms in total. The lowest BCUT2D eigenvalue weighted by atomic mass is 10.2. The van der Waals surface area contributed by atoms with Crippen molar-refractivity contribution in [1.82, 2.24) is 10.2 Å². The highest BCUT2D eigenvalue weighted by Crippen LogP contribution is 2.20. The van der Waals surface area contributed by atoms with E-state index in [1.165, 1.54) is 18.5 Å². The Morgan fingerprint density at radius 3 is 2.43 bits per heavy atom. The maximum atomic E-state index is 11.9. The Labute approximate surface area is 139 Å². The van der Waals surface area contributed by atoms with Crippen molar-refractivity contribution in [1.29, 1.82) is 0 Å². The average molecular weight is 319 g/mol. The van der Waals surface area contributed by atoms with Crippen molar-refractivity contribution in [3.05, 3.63) is 24.3 Å². The number of carbonyl (C=O) groups excluding carboxylic acids is 1. The van der Waals surface area contributed by atoms with Crippen LogP contribution in [-0.4, -0.2) is 57.2 Å². The molecule has 128 valence electrons. The first-order valence-electron chi connectivity index (χ1n) is 8.61. The van der Waals surface area contributed by atoms with Crippen LogP contribution in [-0.2, 0) is 4.79 Å². The van der Waals surface area contributed by atoms with Crippen molar-refractivity contribution >= 4 is 11.6 Å². The van der Waals surface area contributed by atoms with Crippen LogP contribution in [0.25, 0.3) is 0 Å². The zero-order valence-corrected chi connectivity index (χ0v) is 14.4. The smallest absolute Gasteiger partial charge is 0.234 e. The topological polar surface area (TPSA) is 44.8 Å². The van der Waals surface area contributed by atoms with Gasteiger partial charge < -0.3 is 15.0 Å². The fourth-order valence-electron chi connectivity index (χ4n) is 2.82. The third-order valence-corrected chi connectivity index (χ3v) is 4.28. The Hall–Kier alpha value is -1.75. The highest BCUT2D eigenvalue weighted by Gasteiger charge is 2.19. The van der Waals surface area contributed by atoms with Gasteiger partial charge in [-0.25, -0.2) is 0 Å². The molecule has 23 heavy (non-hydrogen) atoms. The third kappa shape index (κ3) is 5.75. The molecule has 1 saturated heterocycles. The number of amides is 1. The largest absolute Gasteiger partial charge is 0.497 e. The minimum atomic E-state index is 0.152. The van der Waals surface area contributed by atoms with Crippen LogP contribution in [0.1, 0.15) is 26.2 Å². The Bertz CT molecular complexity index is 468. The zero-order valence-electron chi connectivity index (χ0n) is 14.4. The monoisotopic (exact) mass is 319 g/mol. The molecule has 1 N–H and O–H groups in total. The van der Waals surface area contributed by atoms with Gasteiger partial charge in [-0.05, 0) is 30.7 Å². The molecule has 0 radical (unpaired) electrons. The zero-order chi connectivity index (χ0) is 16.5. The molecule has 1 aromatic carbocycles. The number of ether oxygens (including phenoxy) is 1. The van der Waals surface area contributed by atoms with Crippen LogP contribution in [0.2, 0.25) is 0 Å². The van der Waals surface area contributed by atoms with E-state index in [0.29, 0.717) is 6.54 Å². The van der Waals surface area contributed by atoms with Crippen LogP contribution < -0.4 is 15.0 Å². The normalized spacial score (nSPS) is 15.5. The van der Waals surface area contributed by atoms with Crippen molar-refractivity contribution in [2.75, 3.05) is 51.3 Å². The number of anilines is 1. The summed E-state index contributed by atoms with van der Waals surface area (Å²) in [5, 5.41) is 3.01. The molecule has 2 rings (SSSR count). The maximum absolute atomic E-state index is 11.9. The molecule has 0 bridgehead atoms. The second-order valence-electron chi connectivity index (χ2n) is 6.02. The molecule has 0 aromatic heterocycles. The first-order valence-corrected chi connectivity index (χ1v) is 8.61. The number of nitrogens with zero attached hydrogens (tertiary/aromatic N) is 2. The lowest BCUT2D eigenvalue weighted by molar-refractivity contribution is -0.122. The van der Waals surface area contributed by atoms with Gasteiger partial charge in [-0.1, -0.05) is 19.8 Å². The fraction of sp³-hybridized carbons (Fsp3) is 0.611. The molecule has 1 heterocycles. The Kier molecular flexibility index (Phi) is 7.20. The molecule has 0 unspecified atom stereocenters. The van der Waals surface area contributed by atoms with Gasteiger partial charge in [0.1, 0.15) is 5.75 Å². The molecule has 1 aromatic rings. The number of methoxy groups -OCH3 is 1. The molecule has 0 saturated carbocycles. The highest BCUT2D eigenvalue weighted by molar-refractivity contribution is 5.78. The first kappa shape index (κ1) is 17.6. The molecular formula is C18H29N3O2. The molecule has 1 aliphatic rings. The number of carbonyl (C=O) groups is 1. The minimum Gasteiger partial charge on any atom is -0.497 e. The number of hydrogen-bond donors (Lipinski definition) is 1. The van der Waals surface area contributed by atoms with E-state index in [1.54, 1.807) is 7.11 Å². The molecule has 0 aliphatic carbocycles. The summed E-state index contributed by atoms with van der Waals surface area (Å²) in [7, 11) is 1.68. The van der Waals surface area contributed by atoms with Crippen molar-refractivity contribution in [3.8, 4) is 5.75 Å². The van der Waals surface area contributed by atoms with E-state index >= 15 is 0 Å². The van der Waals surface area contributed by atoms with E-state index in [1.807, 2.05) is 12.1 Å². The average Bonchev–Trinajstić information content (AvgIpc) is 2.59. The van der Waals surface area contributed by atoms with Crippen LogP contribution in [0.3, 0.4) is 0 Å². The number of benzene rings is 1. The van der Waals surface area contributed by atoms with E-state index in [9.17, 15) is 4.79 Å². The second-order valence-corrected chi connectivity index (χ2v) is 6.02. The van der Waals surface area contributed by atoms with E-state index in [2.05, 4.69) is 34.2 Å². The van der Waals surface area contributed by atoms with E-state index in [4.69, 9.17) is 4.74 Å². The molecule has 1 aliphatic heterocycles. The highest BCUT2D eigenvalue weighted by atomic mass is 16.5. The standard InChI is InChI=1S/C18H29N3O2/c1-3-4-5-10-19-18(22)15-20-11-13-21(14-12-20)16-6-8-17(23-2)9-7-16/h6-9H,3-5,10-15H2,1-2H3,(H,19,22). The van der Waals surface area contributed by atoms with Crippen LogP contribution in [0, 0.1) is 0 Å². The van der Waals surface area contributed by atoms with Crippen molar-refractivity contribution in [2.24, 2.45) is 0 Å². The lowest BCUT2D eigenvalue weighted by Gasteiger charge is -2.35. The molecule has 1 fully saturated rings. The number of piperazine rings is 1. The van der Waals surface area contributed by atoms with E-state index in [-0.39, 0.29) is 5.91 Å². The van der Waals surface area contributed by atoms with Gasteiger partial charge >= 0.3 is 0 Å². The van der Waals surface area contributed by atoms with Crippen molar-refractivity contribution in [3.63, 3.8) is 0 Å². The summed E-state index contributed by atoms with van der Waals surface area (Å²) >= 11 is 0. The quantitative estimate of drug-likeness (QED) is 0.746. The van der Waals surface area contributed by atoms with Crippen molar-refractivity contribution in [2.45, 2.75) is 26.2 Å². The van der Waals surface area contributed by atoms with Gasteiger partial charge in [0.2, 0.25) is 5.91 Å². The van der Waals surface area contributed by atoms with Gasteiger partial charge in [0.25, 0.3) is 0 Å². The first-order chi connectivity index (χ1) is 11.2. The summed E-state index contributed by atoms with van der Waals surface area (Å²) in [5.41, 5.74) is 1.22. The van der Waals surface area contributed by atoms with Crippen LogP contribution in [0.15, 0.2) is 24.3 Å². The van der Waals surface area contributed by atoms with Gasteiger partial charge in [-0.3, -0.25) is 9.69 Å². The van der Waals surface area contributed by atoms with Gasteiger partial charge in [0.05, 0.1) is 13.7 Å². The van der Waals surface area contributed by atoms with Gasteiger partial charge in [-0.2, -0.15) is 0 Å². The van der Waals surface area contributed by atoms with Crippen LogP contribution >= 0.6 is 0 Å². The summed E-state index contributed by atoms with van der Waals surface area (Å²) in [6.07, 6.45) is 3.44. The number of unbranched alkanes of at least 4 members (excludes halogenated alkanes) is 2. The Morgan fingerprint density at radius 1 is 1.13 bits per heavy atom. The number of hydrogen-bond acceptors (Lipinski definition) is 4. The summed E-state index contributed by atoms with van der Waals surface area (Å²) in [6.45, 7) is 7.25. The maximum Gasteiger partial charge on any atom is 0.234 e. The van der Waals surface area contributed by atoms with E-state index in [0.717, 1.165) is 44.9 Å². The summed E-state index contributed by atoms with van der Waals surface area (Å²) in [6, 6.07) is 8.17. The third-order valence-electron chi connectivity index (χ3n) is 4.28. The van der Waals surface area contributed by atoms with Gasteiger partial charge in [0, 0.05) is 38.4 Å². The molecular weight excluding hydrogens is 290 g/mol. The molecule has 1 amide bonds. The molecule has 0 spiro atoms. The summed E-state index contributed by atoms with van der Waals surface area (Å²) in [5.74, 6) is 1.03.